The van der Waals surface area contributed by atoms with Crippen LogP contribution in [0.5, 0.6) is 0 Å². The second-order valence-corrected chi connectivity index (χ2v) is 7.44. The van der Waals surface area contributed by atoms with E-state index in [1.807, 2.05) is 35.9 Å². The summed E-state index contributed by atoms with van der Waals surface area (Å²) in [6, 6.07) is 8.03. The van der Waals surface area contributed by atoms with Gasteiger partial charge in [-0.25, -0.2) is 4.98 Å². The van der Waals surface area contributed by atoms with Gasteiger partial charge in [-0.15, -0.1) is 0 Å². The number of rotatable bonds is 9. The predicted octanol–water partition coefficient (Wildman–Crippen LogP) is 2.09. The summed E-state index contributed by atoms with van der Waals surface area (Å²) < 4.78 is 7.42. The molecule has 3 aromatic rings. The monoisotopic (exact) mass is 425 g/mol. The van der Waals surface area contributed by atoms with Crippen molar-refractivity contribution in [1.29, 1.82) is 0 Å². The van der Waals surface area contributed by atoms with Gasteiger partial charge in [0.1, 0.15) is 0 Å². The van der Waals surface area contributed by atoms with E-state index in [1.54, 1.807) is 0 Å². The number of hydrogen-bond acceptors (Lipinski definition) is 9. The van der Waals surface area contributed by atoms with Crippen LogP contribution in [0.25, 0.3) is 11.0 Å². The van der Waals surface area contributed by atoms with E-state index in [9.17, 15) is 0 Å². The van der Waals surface area contributed by atoms with Crippen LogP contribution in [0.1, 0.15) is 13.8 Å². The van der Waals surface area contributed by atoms with Crippen molar-refractivity contribution in [2.75, 3.05) is 68.0 Å². The first-order valence-corrected chi connectivity index (χ1v) is 10.9. The first kappa shape index (κ1) is 21.3. The molecule has 166 valence electrons. The van der Waals surface area contributed by atoms with Crippen LogP contribution in [0.2, 0.25) is 0 Å². The highest BCUT2D eigenvalue weighted by atomic mass is 16.5. The average molecular weight is 426 g/mol. The zero-order valence-corrected chi connectivity index (χ0v) is 18.5. The number of morpholine rings is 1. The molecule has 0 amide bonds. The smallest absolute Gasteiger partial charge is 0.236 e. The van der Waals surface area contributed by atoms with E-state index < -0.39 is 0 Å². The fourth-order valence-corrected chi connectivity index (χ4v) is 3.66. The van der Waals surface area contributed by atoms with Gasteiger partial charge < -0.3 is 19.5 Å². The van der Waals surface area contributed by atoms with Crippen LogP contribution in [0.3, 0.4) is 0 Å². The topological polar surface area (TPSA) is 96.3 Å². The van der Waals surface area contributed by atoms with Crippen molar-refractivity contribution in [3.8, 4) is 0 Å². The predicted molar refractivity (Wildman–Crippen MR) is 123 cm³/mol. The molecule has 2 aromatic heterocycles. The Labute approximate surface area is 182 Å². The molecule has 0 spiro atoms. The highest BCUT2D eigenvalue weighted by Gasteiger charge is 2.15. The van der Waals surface area contributed by atoms with Crippen LogP contribution >= 0.6 is 0 Å². The lowest BCUT2D eigenvalue weighted by atomic mass is 10.3. The Hall–Kier alpha value is -2.98. The fourth-order valence-electron chi connectivity index (χ4n) is 3.66. The number of aromatic nitrogens is 5. The third kappa shape index (κ3) is 5.02. The maximum atomic E-state index is 5.42. The molecule has 1 aliphatic heterocycles. The molecule has 2 N–H and O–H groups in total. The molecule has 0 aliphatic carbocycles. The van der Waals surface area contributed by atoms with Gasteiger partial charge >= 0.3 is 0 Å². The zero-order valence-electron chi connectivity index (χ0n) is 18.5. The van der Waals surface area contributed by atoms with Crippen LogP contribution in [0.15, 0.2) is 24.3 Å². The minimum absolute atomic E-state index is 0.476. The van der Waals surface area contributed by atoms with Crippen molar-refractivity contribution in [3.05, 3.63) is 24.3 Å². The standard InChI is InChI=1S/C21H31N9O/c1-4-30(5-2)21-25-18(22-10-11-29-12-14-31-15-13-29)24-19(27-21)26-20-23-16-8-6-7-9-17(16)28(20)3/h6-9H,4-5,10-15H2,1-3H3,(H2,22,23,24,25,26,27). The molecule has 3 heterocycles. The van der Waals surface area contributed by atoms with Gasteiger partial charge in [-0.3, -0.25) is 10.2 Å². The van der Waals surface area contributed by atoms with Gasteiger partial charge in [0.25, 0.3) is 0 Å². The number of hydrogen-bond donors (Lipinski definition) is 2. The molecule has 0 unspecified atom stereocenters. The van der Waals surface area contributed by atoms with Crippen molar-refractivity contribution >= 4 is 34.8 Å². The number of fused-ring (bicyclic) bond motifs is 1. The summed E-state index contributed by atoms with van der Waals surface area (Å²) in [5.41, 5.74) is 1.97. The lowest BCUT2D eigenvalue weighted by Gasteiger charge is -2.26. The Kier molecular flexibility index (Phi) is 6.78. The maximum absolute atomic E-state index is 5.42. The Morgan fingerprint density at radius 2 is 1.74 bits per heavy atom. The van der Waals surface area contributed by atoms with Gasteiger partial charge in [0, 0.05) is 46.3 Å². The van der Waals surface area contributed by atoms with E-state index in [0.717, 1.165) is 63.5 Å². The van der Waals surface area contributed by atoms with Gasteiger partial charge in [-0.1, -0.05) is 12.1 Å². The molecular formula is C21H31N9O. The Morgan fingerprint density at radius 1 is 1.00 bits per heavy atom. The maximum Gasteiger partial charge on any atom is 0.236 e. The summed E-state index contributed by atoms with van der Waals surface area (Å²) in [7, 11) is 1.98. The van der Waals surface area contributed by atoms with Crippen LogP contribution in [0, 0.1) is 0 Å². The number of nitrogens with zero attached hydrogens (tertiary/aromatic N) is 7. The molecule has 10 heteroatoms. The molecule has 1 aromatic carbocycles. The Balaban J connectivity index is 1.54. The van der Waals surface area contributed by atoms with E-state index in [1.165, 1.54) is 0 Å². The summed E-state index contributed by atoms with van der Waals surface area (Å²) >= 11 is 0. The van der Waals surface area contributed by atoms with Crippen molar-refractivity contribution in [2.45, 2.75) is 13.8 Å². The summed E-state index contributed by atoms with van der Waals surface area (Å²) in [6.45, 7) is 11.0. The summed E-state index contributed by atoms with van der Waals surface area (Å²) in [5.74, 6) is 2.38. The molecule has 10 nitrogen and oxygen atoms in total. The summed E-state index contributed by atoms with van der Waals surface area (Å²) in [5, 5.41) is 6.65. The average Bonchev–Trinajstić information content (AvgIpc) is 3.11. The van der Waals surface area contributed by atoms with E-state index in [4.69, 9.17) is 4.74 Å². The number of benzene rings is 1. The molecule has 0 radical (unpaired) electrons. The van der Waals surface area contributed by atoms with Crippen molar-refractivity contribution in [2.24, 2.45) is 7.05 Å². The van der Waals surface area contributed by atoms with Crippen LogP contribution in [-0.4, -0.2) is 81.9 Å². The van der Waals surface area contributed by atoms with Gasteiger partial charge in [0.15, 0.2) is 0 Å². The molecule has 0 bridgehead atoms. The molecule has 1 aliphatic rings. The first-order chi connectivity index (χ1) is 15.2. The first-order valence-electron chi connectivity index (χ1n) is 10.9. The number of ether oxygens (including phenoxy) is 1. The fraction of sp³-hybridized carbons (Fsp3) is 0.524. The van der Waals surface area contributed by atoms with Crippen molar-refractivity contribution in [3.63, 3.8) is 0 Å². The van der Waals surface area contributed by atoms with Crippen molar-refractivity contribution < 1.29 is 4.74 Å². The lowest BCUT2D eigenvalue weighted by molar-refractivity contribution is 0.0398. The van der Waals surface area contributed by atoms with E-state index in [-0.39, 0.29) is 0 Å². The molecule has 0 atom stereocenters. The zero-order chi connectivity index (χ0) is 21.6. The second kappa shape index (κ2) is 9.88. The van der Waals surface area contributed by atoms with E-state index >= 15 is 0 Å². The van der Waals surface area contributed by atoms with Gasteiger partial charge in [-0.2, -0.15) is 15.0 Å². The van der Waals surface area contributed by atoms with E-state index in [2.05, 4.69) is 54.2 Å². The normalized spacial score (nSPS) is 14.7. The second-order valence-electron chi connectivity index (χ2n) is 7.44. The quantitative estimate of drug-likeness (QED) is 0.534. The number of imidazole rings is 1. The number of anilines is 4. The summed E-state index contributed by atoms with van der Waals surface area (Å²) in [6.07, 6.45) is 0. The molecule has 0 saturated carbocycles. The number of aryl methyl sites for hydroxylation is 1. The van der Waals surface area contributed by atoms with Gasteiger partial charge in [0.2, 0.25) is 23.8 Å². The van der Waals surface area contributed by atoms with Crippen molar-refractivity contribution in [1.82, 2.24) is 29.4 Å². The molecule has 1 saturated heterocycles. The third-order valence-electron chi connectivity index (χ3n) is 5.50. The molecule has 1 fully saturated rings. The SMILES string of the molecule is CCN(CC)c1nc(NCCN2CCOCC2)nc(Nc2nc3ccccc3n2C)n1. The van der Waals surface area contributed by atoms with Gasteiger partial charge in [0.05, 0.1) is 24.2 Å². The van der Waals surface area contributed by atoms with Crippen LogP contribution in [-0.2, 0) is 11.8 Å². The molecule has 31 heavy (non-hydrogen) atoms. The highest BCUT2D eigenvalue weighted by Crippen LogP contribution is 2.21. The van der Waals surface area contributed by atoms with Crippen LogP contribution < -0.4 is 15.5 Å². The Bertz CT molecular complexity index is 996. The lowest BCUT2D eigenvalue weighted by Crippen LogP contribution is -2.39. The van der Waals surface area contributed by atoms with Crippen LogP contribution in [0.4, 0.5) is 23.8 Å². The summed E-state index contributed by atoms with van der Waals surface area (Å²) in [4.78, 5) is 23.1. The van der Waals surface area contributed by atoms with Gasteiger partial charge in [-0.05, 0) is 26.0 Å². The third-order valence-corrected chi connectivity index (χ3v) is 5.50. The number of para-hydroxylation sites is 2. The van der Waals surface area contributed by atoms with E-state index in [0.29, 0.717) is 23.8 Å². The Morgan fingerprint density at radius 3 is 2.48 bits per heavy atom. The minimum Gasteiger partial charge on any atom is -0.379 e. The molecule has 4 rings (SSSR count). The molecular weight excluding hydrogens is 394 g/mol. The minimum atomic E-state index is 0.476. The largest absolute Gasteiger partial charge is 0.379 e. The number of nitrogens with one attached hydrogen (secondary N) is 2. The highest BCUT2D eigenvalue weighted by molar-refractivity contribution is 5.79.